The zero-order chi connectivity index (χ0) is 28.5. The molecule has 1 N–H and O–H groups in total. The van der Waals surface area contributed by atoms with Crippen LogP contribution in [0.5, 0.6) is 0 Å². The summed E-state index contributed by atoms with van der Waals surface area (Å²) >= 11 is 12.0. The van der Waals surface area contributed by atoms with Gasteiger partial charge in [0.05, 0.1) is 11.8 Å². The van der Waals surface area contributed by atoms with Crippen LogP contribution in [0, 0.1) is 6.92 Å². The predicted octanol–water partition coefficient (Wildman–Crippen LogP) is 6.82. The summed E-state index contributed by atoms with van der Waals surface area (Å²) in [6.07, 6.45) is -4.73. The van der Waals surface area contributed by atoms with Gasteiger partial charge in [-0.1, -0.05) is 64.8 Å². The molecular weight excluding hydrogens is 566 g/mol. The van der Waals surface area contributed by atoms with Crippen LogP contribution in [0.15, 0.2) is 71.9 Å². The van der Waals surface area contributed by atoms with Crippen molar-refractivity contribution in [1.82, 2.24) is 10.4 Å². The molecule has 1 fully saturated rings. The molecule has 2 heterocycles. The van der Waals surface area contributed by atoms with E-state index in [4.69, 9.17) is 32.9 Å². The number of aryl methyl sites for hydroxylation is 1. The first-order valence-corrected chi connectivity index (χ1v) is 13.4. The lowest BCUT2D eigenvalue weighted by molar-refractivity contribution is -0.275. The first-order valence-electron chi connectivity index (χ1n) is 12.7. The highest BCUT2D eigenvalue weighted by Gasteiger charge is 2.62. The normalized spacial score (nSPS) is 21.2. The van der Waals surface area contributed by atoms with Crippen molar-refractivity contribution in [2.24, 2.45) is 5.16 Å². The maximum atomic E-state index is 14.3. The highest BCUT2D eigenvalue weighted by atomic mass is 35.5. The molecule has 2 aliphatic heterocycles. The van der Waals surface area contributed by atoms with Gasteiger partial charge in [0.2, 0.25) is 0 Å². The van der Waals surface area contributed by atoms with E-state index in [2.05, 4.69) is 10.5 Å². The molecule has 11 heteroatoms. The van der Waals surface area contributed by atoms with Gasteiger partial charge >= 0.3 is 6.18 Å². The molecule has 3 aromatic rings. The molecular formula is C29H26Cl2F3N3O3. The van der Waals surface area contributed by atoms with Gasteiger partial charge in [-0.3, -0.25) is 9.63 Å². The second kappa shape index (κ2) is 11.4. The average Bonchev–Trinajstić information content (AvgIpc) is 3.55. The van der Waals surface area contributed by atoms with Gasteiger partial charge in [0.15, 0.2) is 0 Å². The van der Waals surface area contributed by atoms with E-state index >= 15 is 0 Å². The molecule has 1 amide bonds. The second-order valence-electron chi connectivity index (χ2n) is 9.89. The van der Waals surface area contributed by atoms with Gasteiger partial charge in [-0.15, -0.1) is 0 Å². The van der Waals surface area contributed by atoms with Crippen LogP contribution in [0.4, 0.5) is 13.2 Å². The SMILES string of the molecule is Cc1cc(C2=NOC(c3cc(Cl)cc(Cl)c3)(C(F)(F)F)C2)ccc1C(=O)NCC1CCN(Cc2ccccc2)O1. The third kappa shape index (κ3) is 5.98. The molecule has 5 rings (SSSR count). The fourth-order valence-electron chi connectivity index (χ4n) is 4.89. The van der Waals surface area contributed by atoms with E-state index < -0.39 is 18.2 Å². The summed E-state index contributed by atoms with van der Waals surface area (Å²) < 4.78 is 42.9. The topological polar surface area (TPSA) is 63.2 Å². The molecule has 0 aliphatic carbocycles. The smallest absolute Gasteiger partial charge is 0.374 e. The maximum Gasteiger partial charge on any atom is 0.435 e. The lowest BCUT2D eigenvalue weighted by atomic mass is 9.86. The van der Waals surface area contributed by atoms with Gasteiger partial charge in [0.25, 0.3) is 11.5 Å². The molecule has 0 aromatic heterocycles. The Morgan fingerprint density at radius 1 is 1.10 bits per heavy atom. The molecule has 2 aliphatic rings. The quantitative estimate of drug-likeness (QED) is 0.327. The highest BCUT2D eigenvalue weighted by Crippen LogP contribution is 2.49. The van der Waals surface area contributed by atoms with Crippen LogP contribution >= 0.6 is 23.2 Å². The Labute approximate surface area is 239 Å². The molecule has 0 bridgehead atoms. The molecule has 6 nitrogen and oxygen atoms in total. The number of hydroxylamine groups is 2. The zero-order valence-corrected chi connectivity index (χ0v) is 23.0. The molecule has 1 saturated heterocycles. The highest BCUT2D eigenvalue weighted by molar-refractivity contribution is 6.34. The summed E-state index contributed by atoms with van der Waals surface area (Å²) in [6, 6.07) is 18.4. The van der Waals surface area contributed by atoms with Crippen LogP contribution in [0.3, 0.4) is 0 Å². The number of hydrogen-bond donors (Lipinski definition) is 1. The Kier molecular flexibility index (Phi) is 8.10. The van der Waals surface area contributed by atoms with Crippen molar-refractivity contribution in [3.63, 3.8) is 0 Å². The number of alkyl halides is 3. The largest absolute Gasteiger partial charge is 0.435 e. The van der Waals surface area contributed by atoms with Crippen molar-refractivity contribution in [1.29, 1.82) is 0 Å². The van der Waals surface area contributed by atoms with E-state index in [1.54, 1.807) is 25.1 Å². The van der Waals surface area contributed by atoms with Gasteiger partial charge in [-0.05, 0) is 60.4 Å². The molecule has 2 unspecified atom stereocenters. The van der Waals surface area contributed by atoms with E-state index in [9.17, 15) is 18.0 Å². The third-order valence-electron chi connectivity index (χ3n) is 7.01. The van der Waals surface area contributed by atoms with Crippen LogP contribution in [0.2, 0.25) is 10.0 Å². The average molecular weight is 592 g/mol. The number of halogens is 5. The summed E-state index contributed by atoms with van der Waals surface area (Å²) in [5.74, 6) is -0.294. The number of oxime groups is 1. The number of nitrogens with zero attached hydrogens (tertiary/aromatic N) is 2. The standard InChI is InChI=1S/C29H26Cl2F3N3O3/c1-18-11-20(26-15-28(40-36-26,29(32,33)34)21-12-22(30)14-23(31)13-21)7-8-25(18)27(38)35-16-24-9-10-37(39-24)17-19-5-3-2-4-6-19/h2-8,11-14,24H,9-10,15-17H2,1H3,(H,35,38). The number of carbonyl (C=O) groups is 1. The number of benzene rings is 3. The lowest BCUT2D eigenvalue weighted by Gasteiger charge is -2.29. The van der Waals surface area contributed by atoms with Crippen molar-refractivity contribution >= 4 is 34.8 Å². The van der Waals surface area contributed by atoms with Crippen molar-refractivity contribution in [2.45, 2.75) is 44.2 Å². The minimum absolute atomic E-state index is 0.0568. The van der Waals surface area contributed by atoms with Crippen LogP contribution < -0.4 is 5.32 Å². The molecule has 40 heavy (non-hydrogen) atoms. The van der Waals surface area contributed by atoms with E-state index in [1.165, 1.54) is 18.2 Å². The van der Waals surface area contributed by atoms with Crippen molar-refractivity contribution < 1.29 is 27.6 Å². The Morgan fingerprint density at radius 2 is 1.82 bits per heavy atom. The summed E-state index contributed by atoms with van der Waals surface area (Å²) in [7, 11) is 0. The number of amides is 1. The summed E-state index contributed by atoms with van der Waals surface area (Å²) in [4.78, 5) is 23.9. The number of hydrogen-bond acceptors (Lipinski definition) is 5. The molecule has 0 radical (unpaired) electrons. The van der Waals surface area contributed by atoms with Gasteiger partial charge in [0.1, 0.15) is 0 Å². The Hall–Kier alpha value is -3.11. The van der Waals surface area contributed by atoms with Crippen molar-refractivity contribution in [2.75, 3.05) is 13.1 Å². The second-order valence-corrected chi connectivity index (χ2v) is 10.8. The van der Waals surface area contributed by atoms with Crippen LogP contribution in [-0.2, 0) is 21.8 Å². The van der Waals surface area contributed by atoms with E-state index in [0.717, 1.165) is 18.5 Å². The molecule has 2 atom stereocenters. The number of rotatable bonds is 7. The zero-order valence-electron chi connectivity index (χ0n) is 21.5. The monoisotopic (exact) mass is 591 g/mol. The minimum Gasteiger partial charge on any atom is -0.374 e. The third-order valence-corrected chi connectivity index (χ3v) is 7.45. The summed E-state index contributed by atoms with van der Waals surface area (Å²) in [5.41, 5.74) is -0.303. The fourth-order valence-corrected chi connectivity index (χ4v) is 5.42. The maximum absolute atomic E-state index is 14.3. The van der Waals surface area contributed by atoms with E-state index in [0.29, 0.717) is 29.8 Å². The predicted molar refractivity (Wildman–Crippen MR) is 146 cm³/mol. The molecule has 210 valence electrons. The minimum atomic E-state index is -4.79. The summed E-state index contributed by atoms with van der Waals surface area (Å²) in [5, 5.41) is 8.69. The van der Waals surface area contributed by atoms with Crippen LogP contribution in [0.1, 0.15) is 45.5 Å². The lowest BCUT2D eigenvalue weighted by Crippen LogP contribution is -2.42. The summed E-state index contributed by atoms with van der Waals surface area (Å²) in [6.45, 7) is 3.48. The molecule has 0 spiro atoms. The van der Waals surface area contributed by atoms with Gasteiger partial charge in [-0.2, -0.15) is 18.2 Å². The number of nitrogens with one attached hydrogen (secondary N) is 1. The van der Waals surface area contributed by atoms with Crippen LogP contribution in [0.25, 0.3) is 0 Å². The first kappa shape index (κ1) is 28.4. The number of carbonyl (C=O) groups excluding carboxylic acids is 1. The van der Waals surface area contributed by atoms with Crippen molar-refractivity contribution in [3.8, 4) is 0 Å². The van der Waals surface area contributed by atoms with Gasteiger partial charge in [0, 0.05) is 47.2 Å². The molecule has 3 aromatic carbocycles. The Bertz CT molecular complexity index is 1410. The Morgan fingerprint density at radius 3 is 2.50 bits per heavy atom. The first-order chi connectivity index (χ1) is 19.0. The van der Waals surface area contributed by atoms with Gasteiger partial charge < -0.3 is 10.2 Å². The van der Waals surface area contributed by atoms with E-state index in [-0.39, 0.29) is 33.3 Å². The fraction of sp³-hybridized carbons (Fsp3) is 0.310. The van der Waals surface area contributed by atoms with E-state index in [1.807, 2.05) is 35.4 Å². The molecule has 0 saturated carbocycles. The van der Waals surface area contributed by atoms with Crippen LogP contribution in [-0.4, -0.2) is 42.1 Å². The van der Waals surface area contributed by atoms with Gasteiger partial charge in [-0.25, -0.2) is 0 Å². The van der Waals surface area contributed by atoms with Crippen molar-refractivity contribution in [3.05, 3.63) is 105 Å². The Balaban J connectivity index is 1.22.